The van der Waals surface area contributed by atoms with Crippen molar-refractivity contribution < 1.29 is 23.9 Å². The molecule has 1 saturated heterocycles. The summed E-state index contributed by atoms with van der Waals surface area (Å²) < 4.78 is 5.42. The van der Waals surface area contributed by atoms with Gasteiger partial charge in [0.15, 0.2) is 5.76 Å². The minimum atomic E-state index is -1.10. The average molecular weight is 336 g/mol. The number of amides is 2. The van der Waals surface area contributed by atoms with Crippen molar-refractivity contribution in [3.05, 3.63) is 23.2 Å². The van der Waals surface area contributed by atoms with Gasteiger partial charge in [-0.25, -0.2) is 4.79 Å². The van der Waals surface area contributed by atoms with Crippen molar-refractivity contribution in [1.29, 1.82) is 0 Å². The zero-order valence-corrected chi connectivity index (χ0v) is 14.6. The van der Waals surface area contributed by atoms with Crippen LogP contribution in [-0.4, -0.2) is 58.9 Å². The number of aromatic carboxylic acids is 1. The minimum Gasteiger partial charge on any atom is -0.478 e. The van der Waals surface area contributed by atoms with Gasteiger partial charge in [-0.15, -0.1) is 0 Å². The van der Waals surface area contributed by atoms with Gasteiger partial charge in [0.25, 0.3) is 5.91 Å². The van der Waals surface area contributed by atoms with E-state index in [1.807, 2.05) is 20.8 Å². The summed E-state index contributed by atoms with van der Waals surface area (Å²) in [5.74, 6) is -1.03. The Labute approximate surface area is 141 Å². The highest BCUT2D eigenvalue weighted by atomic mass is 16.4. The molecule has 0 atom stereocenters. The van der Waals surface area contributed by atoms with Crippen LogP contribution in [0.15, 0.2) is 10.5 Å². The maximum Gasteiger partial charge on any atom is 0.339 e. The fourth-order valence-electron chi connectivity index (χ4n) is 2.72. The van der Waals surface area contributed by atoms with Crippen LogP contribution in [0.4, 0.5) is 0 Å². The fraction of sp³-hybridized carbons (Fsp3) is 0.588. The Balaban J connectivity index is 2.06. The second-order valence-corrected chi connectivity index (χ2v) is 6.94. The van der Waals surface area contributed by atoms with Gasteiger partial charge in [-0.3, -0.25) is 9.59 Å². The Kier molecular flexibility index (Phi) is 5.01. The van der Waals surface area contributed by atoms with Crippen LogP contribution < -0.4 is 0 Å². The molecule has 0 saturated carbocycles. The summed E-state index contributed by atoms with van der Waals surface area (Å²) in [6, 6.07) is 1.29. The highest BCUT2D eigenvalue weighted by molar-refractivity contribution is 5.96. The molecular formula is C17H24N2O5. The van der Waals surface area contributed by atoms with Crippen molar-refractivity contribution in [2.45, 2.75) is 34.1 Å². The minimum absolute atomic E-state index is 0.0300. The summed E-state index contributed by atoms with van der Waals surface area (Å²) >= 11 is 0. The second kappa shape index (κ2) is 6.67. The van der Waals surface area contributed by atoms with Crippen LogP contribution in [0.25, 0.3) is 0 Å². The van der Waals surface area contributed by atoms with Crippen LogP contribution >= 0.6 is 0 Å². The van der Waals surface area contributed by atoms with E-state index in [1.54, 1.807) is 16.7 Å². The Morgan fingerprint density at radius 2 is 1.67 bits per heavy atom. The Bertz CT molecular complexity index is 648. The summed E-state index contributed by atoms with van der Waals surface area (Å²) in [7, 11) is 0. The third-order valence-electron chi connectivity index (χ3n) is 4.07. The predicted molar refractivity (Wildman–Crippen MR) is 87.0 cm³/mol. The number of carbonyl (C=O) groups excluding carboxylic acids is 2. The first-order valence-electron chi connectivity index (χ1n) is 8.09. The number of hydrogen-bond acceptors (Lipinski definition) is 4. The van der Waals surface area contributed by atoms with Crippen LogP contribution in [0.3, 0.4) is 0 Å². The molecule has 132 valence electrons. The normalized spacial score (nSPS) is 15.5. The highest BCUT2D eigenvalue weighted by Gasteiger charge is 2.32. The number of carboxylic acids is 1. The Hall–Kier alpha value is -2.31. The molecule has 0 aliphatic carbocycles. The molecule has 2 heterocycles. The van der Waals surface area contributed by atoms with Crippen molar-refractivity contribution in [1.82, 2.24) is 9.80 Å². The quantitative estimate of drug-likeness (QED) is 0.910. The summed E-state index contributed by atoms with van der Waals surface area (Å²) in [5.41, 5.74) is -0.415. The summed E-state index contributed by atoms with van der Waals surface area (Å²) in [4.78, 5) is 39.3. The van der Waals surface area contributed by atoms with Crippen LogP contribution in [0, 0.1) is 5.41 Å². The molecule has 7 heteroatoms. The monoisotopic (exact) mass is 336 g/mol. The summed E-state index contributed by atoms with van der Waals surface area (Å²) in [6.45, 7) is 9.14. The first kappa shape index (κ1) is 18.0. The topological polar surface area (TPSA) is 91.1 Å². The number of hydrogen-bond donors (Lipinski definition) is 1. The standard InChI is InChI=1S/C17H24N2O5/c1-5-12-11(15(21)22)10-13(24-12)14(20)18-6-8-19(9-7-18)16(23)17(2,3)4/h10H,5-9H2,1-4H3,(H,21,22). The van der Waals surface area contributed by atoms with E-state index in [0.29, 0.717) is 38.4 Å². The van der Waals surface area contributed by atoms with E-state index in [9.17, 15) is 14.4 Å². The molecule has 24 heavy (non-hydrogen) atoms. The van der Waals surface area contributed by atoms with Crippen LogP contribution in [0.2, 0.25) is 0 Å². The zero-order chi connectivity index (χ0) is 18.1. The molecule has 7 nitrogen and oxygen atoms in total. The van der Waals surface area contributed by atoms with Crippen LogP contribution in [-0.2, 0) is 11.2 Å². The maximum absolute atomic E-state index is 12.5. The van der Waals surface area contributed by atoms with E-state index in [4.69, 9.17) is 9.52 Å². The maximum atomic E-state index is 12.5. The Morgan fingerprint density at radius 1 is 1.12 bits per heavy atom. The first-order chi connectivity index (χ1) is 11.1. The summed E-state index contributed by atoms with van der Waals surface area (Å²) in [5, 5.41) is 9.15. The molecule has 0 bridgehead atoms. The van der Waals surface area contributed by atoms with Crippen molar-refractivity contribution in [3.8, 4) is 0 Å². The van der Waals surface area contributed by atoms with E-state index in [0.717, 1.165) is 0 Å². The van der Waals surface area contributed by atoms with Crippen molar-refractivity contribution in [2.75, 3.05) is 26.2 Å². The summed E-state index contributed by atoms with van der Waals surface area (Å²) in [6.07, 6.45) is 0.406. The average Bonchev–Trinajstić information content (AvgIpc) is 2.97. The molecule has 0 radical (unpaired) electrons. The predicted octanol–water partition coefficient (Wildman–Crippen LogP) is 1.87. The largest absolute Gasteiger partial charge is 0.478 e. The Morgan fingerprint density at radius 3 is 2.08 bits per heavy atom. The van der Waals surface area contributed by atoms with Gasteiger partial charge < -0.3 is 19.3 Å². The molecule has 1 aromatic rings. The molecule has 2 rings (SSSR count). The molecule has 0 spiro atoms. The van der Waals surface area contributed by atoms with Gasteiger partial charge in [0, 0.05) is 44.1 Å². The van der Waals surface area contributed by atoms with Gasteiger partial charge in [-0.1, -0.05) is 27.7 Å². The molecule has 0 aromatic carbocycles. The van der Waals surface area contributed by atoms with Gasteiger partial charge in [0.05, 0.1) is 0 Å². The number of aryl methyl sites for hydroxylation is 1. The van der Waals surface area contributed by atoms with Gasteiger partial charge >= 0.3 is 5.97 Å². The lowest BCUT2D eigenvalue weighted by molar-refractivity contribution is -0.140. The zero-order valence-electron chi connectivity index (χ0n) is 14.6. The molecular weight excluding hydrogens is 312 g/mol. The molecule has 1 N–H and O–H groups in total. The van der Waals surface area contributed by atoms with E-state index >= 15 is 0 Å². The van der Waals surface area contributed by atoms with E-state index in [-0.39, 0.29) is 23.1 Å². The van der Waals surface area contributed by atoms with Gasteiger partial charge in [-0.05, 0) is 0 Å². The highest BCUT2D eigenvalue weighted by Crippen LogP contribution is 2.21. The van der Waals surface area contributed by atoms with Gasteiger partial charge in [0.1, 0.15) is 11.3 Å². The molecule has 1 aromatic heterocycles. The van der Waals surface area contributed by atoms with E-state index < -0.39 is 11.4 Å². The number of carboxylic acid groups (broad SMARTS) is 1. The lowest BCUT2D eigenvalue weighted by atomic mass is 9.94. The van der Waals surface area contributed by atoms with Crippen molar-refractivity contribution in [2.24, 2.45) is 5.41 Å². The van der Waals surface area contributed by atoms with Gasteiger partial charge in [0.2, 0.25) is 5.91 Å². The lowest BCUT2D eigenvalue weighted by Gasteiger charge is -2.37. The second-order valence-electron chi connectivity index (χ2n) is 6.94. The SMILES string of the molecule is CCc1oc(C(=O)N2CCN(C(=O)C(C)(C)C)CC2)cc1C(=O)O. The third kappa shape index (κ3) is 3.60. The smallest absolute Gasteiger partial charge is 0.339 e. The molecule has 1 aliphatic heterocycles. The van der Waals surface area contributed by atoms with E-state index in [1.165, 1.54) is 6.07 Å². The first-order valence-corrected chi connectivity index (χ1v) is 8.09. The molecule has 1 fully saturated rings. The number of carbonyl (C=O) groups is 3. The number of piperazine rings is 1. The number of furan rings is 1. The van der Waals surface area contributed by atoms with Crippen LogP contribution in [0.1, 0.15) is 54.4 Å². The van der Waals surface area contributed by atoms with Crippen LogP contribution in [0.5, 0.6) is 0 Å². The number of rotatable bonds is 3. The van der Waals surface area contributed by atoms with Gasteiger partial charge in [-0.2, -0.15) is 0 Å². The van der Waals surface area contributed by atoms with Crippen molar-refractivity contribution >= 4 is 17.8 Å². The lowest BCUT2D eigenvalue weighted by Crippen LogP contribution is -2.53. The molecule has 0 unspecified atom stereocenters. The fourth-order valence-corrected chi connectivity index (χ4v) is 2.72. The number of nitrogens with zero attached hydrogens (tertiary/aromatic N) is 2. The molecule has 1 aliphatic rings. The van der Waals surface area contributed by atoms with E-state index in [2.05, 4.69) is 0 Å². The third-order valence-corrected chi connectivity index (χ3v) is 4.07. The van der Waals surface area contributed by atoms with Crippen molar-refractivity contribution in [3.63, 3.8) is 0 Å². The molecule has 2 amide bonds.